The minimum Gasteiger partial charge on any atom is -0.306 e. The van der Waals surface area contributed by atoms with E-state index in [1.54, 1.807) is 12.1 Å². The summed E-state index contributed by atoms with van der Waals surface area (Å²) in [7, 11) is 0. The van der Waals surface area contributed by atoms with Crippen LogP contribution in [0.4, 0.5) is 0 Å². The Labute approximate surface area is 111 Å². The van der Waals surface area contributed by atoms with E-state index in [-0.39, 0.29) is 11.5 Å². The molecule has 0 saturated carbocycles. The van der Waals surface area contributed by atoms with E-state index in [1.165, 1.54) is 0 Å². The lowest BCUT2D eigenvalue weighted by atomic mass is 10.0. The van der Waals surface area contributed by atoms with Crippen molar-refractivity contribution in [2.24, 2.45) is 0 Å². The Kier molecular flexibility index (Phi) is 3.53. The lowest BCUT2D eigenvalue weighted by molar-refractivity contribution is 0.815. The molecule has 0 aliphatic rings. The van der Waals surface area contributed by atoms with Gasteiger partial charge in [0.05, 0.1) is 0 Å². The topological polar surface area (TPSA) is 45.8 Å². The second kappa shape index (κ2) is 4.94. The van der Waals surface area contributed by atoms with Gasteiger partial charge in [-0.2, -0.15) is 0 Å². The van der Waals surface area contributed by atoms with Crippen LogP contribution in [0.1, 0.15) is 31.0 Å². The highest BCUT2D eigenvalue weighted by atomic mass is 35.5. The van der Waals surface area contributed by atoms with E-state index in [1.807, 2.05) is 32.9 Å². The standard InChI is InChI=1S/C14H15ClN2O/c1-8(2)12-9(3)16-13(17-14(12)18)10-5-4-6-11(15)7-10/h4-8H,1-3H3,(H,16,17,18). The van der Waals surface area contributed by atoms with E-state index in [2.05, 4.69) is 9.97 Å². The van der Waals surface area contributed by atoms with Crippen molar-refractivity contribution < 1.29 is 0 Å². The van der Waals surface area contributed by atoms with E-state index in [9.17, 15) is 4.79 Å². The number of hydrogen-bond acceptors (Lipinski definition) is 2. The van der Waals surface area contributed by atoms with E-state index >= 15 is 0 Å². The number of nitrogens with one attached hydrogen (secondary N) is 1. The zero-order valence-electron chi connectivity index (χ0n) is 10.6. The molecule has 0 saturated heterocycles. The lowest BCUT2D eigenvalue weighted by Gasteiger charge is -2.09. The Morgan fingerprint density at radius 3 is 2.61 bits per heavy atom. The Morgan fingerprint density at radius 2 is 2.06 bits per heavy atom. The Hall–Kier alpha value is -1.61. The zero-order chi connectivity index (χ0) is 13.3. The van der Waals surface area contributed by atoms with Crippen LogP contribution in [0.2, 0.25) is 5.02 Å². The summed E-state index contributed by atoms with van der Waals surface area (Å²) in [4.78, 5) is 19.3. The summed E-state index contributed by atoms with van der Waals surface area (Å²) < 4.78 is 0. The molecule has 18 heavy (non-hydrogen) atoms. The fraction of sp³-hybridized carbons (Fsp3) is 0.286. The van der Waals surface area contributed by atoms with Crippen molar-refractivity contribution in [3.05, 3.63) is 50.9 Å². The number of benzene rings is 1. The van der Waals surface area contributed by atoms with Gasteiger partial charge in [-0.1, -0.05) is 37.6 Å². The van der Waals surface area contributed by atoms with Gasteiger partial charge < -0.3 is 4.98 Å². The molecule has 1 aromatic carbocycles. The third-order valence-corrected chi connectivity index (χ3v) is 3.06. The van der Waals surface area contributed by atoms with Gasteiger partial charge in [0.25, 0.3) is 5.56 Å². The molecule has 94 valence electrons. The second-order valence-electron chi connectivity index (χ2n) is 4.58. The van der Waals surface area contributed by atoms with Gasteiger partial charge in [0.2, 0.25) is 0 Å². The summed E-state index contributed by atoms with van der Waals surface area (Å²) in [6.07, 6.45) is 0. The average molecular weight is 263 g/mol. The molecule has 0 atom stereocenters. The lowest BCUT2D eigenvalue weighted by Crippen LogP contribution is -2.18. The first kappa shape index (κ1) is 12.8. The largest absolute Gasteiger partial charge is 0.306 e. The summed E-state index contributed by atoms with van der Waals surface area (Å²) in [5.41, 5.74) is 2.25. The van der Waals surface area contributed by atoms with Gasteiger partial charge in [-0.05, 0) is 25.0 Å². The molecule has 0 aliphatic heterocycles. The molecule has 0 fully saturated rings. The predicted octanol–water partition coefficient (Wildman–Crippen LogP) is 3.52. The molecule has 0 radical (unpaired) electrons. The summed E-state index contributed by atoms with van der Waals surface area (Å²) in [5.74, 6) is 0.721. The average Bonchev–Trinajstić information content (AvgIpc) is 2.27. The number of aryl methyl sites for hydroxylation is 1. The maximum atomic E-state index is 12.0. The van der Waals surface area contributed by atoms with Gasteiger partial charge in [-0.3, -0.25) is 4.79 Å². The van der Waals surface area contributed by atoms with Crippen LogP contribution >= 0.6 is 11.6 Å². The highest BCUT2D eigenvalue weighted by molar-refractivity contribution is 6.30. The highest BCUT2D eigenvalue weighted by Gasteiger charge is 2.12. The van der Waals surface area contributed by atoms with Crippen LogP contribution in [0.15, 0.2) is 29.1 Å². The molecule has 1 N–H and O–H groups in total. The number of H-pyrrole nitrogens is 1. The third kappa shape index (κ3) is 2.46. The predicted molar refractivity (Wildman–Crippen MR) is 74.1 cm³/mol. The van der Waals surface area contributed by atoms with Crippen molar-refractivity contribution in [1.82, 2.24) is 9.97 Å². The smallest absolute Gasteiger partial charge is 0.254 e. The van der Waals surface area contributed by atoms with Crippen molar-refractivity contribution >= 4 is 11.6 Å². The molecule has 1 heterocycles. The molecule has 0 amide bonds. The molecular formula is C14H15ClN2O. The Balaban J connectivity index is 2.59. The number of rotatable bonds is 2. The molecule has 0 spiro atoms. The SMILES string of the molecule is Cc1nc(-c2cccc(Cl)c2)[nH]c(=O)c1C(C)C. The first-order valence-corrected chi connectivity index (χ1v) is 6.23. The van der Waals surface area contributed by atoms with Gasteiger partial charge >= 0.3 is 0 Å². The van der Waals surface area contributed by atoms with Gasteiger partial charge in [-0.15, -0.1) is 0 Å². The molecule has 2 aromatic rings. The summed E-state index contributed by atoms with van der Waals surface area (Å²) in [6.45, 7) is 5.83. The van der Waals surface area contributed by atoms with Crippen LogP contribution in [-0.2, 0) is 0 Å². The van der Waals surface area contributed by atoms with E-state index in [0.29, 0.717) is 10.8 Å². The van der Waals surface area contributed by atoms with Gasteiger partial charge in [0, 0.05) is 21.8 Å². The van der Waals surface area contributed by atoms with Crippen molar-refractivity contribution in [1.29, 1.82) is 0 Å². The molecule has 3 nitrogen and oxygen atoms in total. The monoisotopic (exact) mass is 262 g/mol. The van der Waals surface area contributed by atoms with Crippen molar-refractivity contribution in [2.75, 3.05) is 0 Å². The molecule has 0 bridgehead atoms. The summed E-state index contributed by atoms with van der Waals surface area (Å²) >= 11 is 5.94. The second-order valence-corrected chi connectivity index (χ2v) is 5.02. The van der Waals surface area contributed by atoms with Crippen LogP contribution < -0.4 is 5.56 Å². The van der Waals surface area contributed by atoms with Gasteiger partial charge in [0.15, 0.2) is 0 Å². The fourth-order valence-electron chi connectivity index (χ4n) is 2.05. The van der Waals surface area contributed by atoms with Gasteiger partial charge in [-0.25, -0.2) is 4.98 Å². The zero-order valence-corrected chi connectivity index (χ0v) is 11.4. The summed E-state index contributed by atoms with van der Waals surface area (Å²) in [6, 6.07) is 7.29. The van der Waals surface area contributed by atoms with Gasteiger partial charge in [0.1, 0.15) is 5.82 Å². The molecule has 0 unspecified atom stereocenters. The quantitative estimate of drug-likeness (QED) is 0.900. The summed E-state index contributed by atoms with van der Waals surface area (Å²) in [5, 5.41) is 0.626. The Bertz CT molecular complexity index is 632. The maximum Gasteiger partial charge on any atom is 0.254 e. The molecular weight excluding hydrogens is 248 g/mol. The van der Waals surface area contributed by atoms with Crippen molar-refractivity contribution in [2.45, 2.75) is 26.7 Å². The number of aromatic amines is 1. The third-order valence-electron chi connectivity index (χ3n) is 2.82. The van der Waals surface area contributed by atoms with Crippen LogP contribution in [-0.4, -0.2) is 9.97 Å². The molecule has 2 rings (SSSR count). The normalized spacial score (nSPS) is 10.9. The number of aromatic nitrogens is 2. The minimum atomic E-state index is -0.0764. The maximum absolute atomic E-state index is 12.0. The number of nitrogens with zero attached hydrogens (tertiary/aromatic N) is 1. The van der Waals surface area contributed by atoms with Crippen LogP contribution in [0.25, 0.3) is 11.4 Å². The van der Waals surface area contributed by atoms with E-state index in [4.69, 9.17) is 11.6 Å². The van der Waals surface area contributed by atoms with Crippen LogP contribution in [0.3, 0.4) is 0 Å². The molecule has 0 aliphatic carbocycles. The molecule has 4 heteroatoms. The van der Waals surface area contributed by atoms with E-state index in [0.717, 1.165) is 16.8 Å². The fourth-order valence-corrected chi connectivity index (χ4v) is 2.24. The van der Waals surface area contributed by atoms with Crippen LogP contribution in [0.5, 0.6) is 0 Å². The van der Waals surface area contributed by atoms with Crippen molar-refractivity contribution in [3.8, 4) is 11.4 Å². The number of hydrogen-bond donors (Lipinski definition) is 1. The van der Waals surface area contributed by atoms with Crippen molar-refractivity contribution in [3.63, 3.8) is 0 Å². The minimum absolute atomic E-state index is 0.0764. The number of halogens is 1. The highest BCUT2D eigenvalue weighted by Crippen LogP contribution is 2.20. The van der Waals surface area contributed by atoms with E-state index < -0.39 is 0 Å². The first-order valence-electron chi connectivity index (χ1n) is 5.86. The Morgan fingerprint density at radius 1 is 1.33 bits per heavy atom. The first-order chi connectivity index (χ1) is 8.49. The molecule has 1 aromatic heterocycles. The van der Waals surface area contributed by atoms with Crippen LogP contribution in [0, 0.1) is 6.92 Å².